The Bertz CT molecular complexity index is 216. The molecule has 2 aliphatic heterocycles. The molecule has 2 saturated heterocycles. The minimum absolute atomic E-state index is 0.630. The maximum atomic E-state index is 12.0. The van der Waals surface area contributed by atoms with Crippen LogP contribution in [0.3, 0.4) is 0 Å². The van der Waals surface area contributed by atoms with E-state index in [0.717, 1.165) is 44.8 Å². The van der Waals surface area contributed by atoms with E-state index in [4.69, 9.17) is 4.74 Å². The first-order valence-electron chi connectivity index (χ1n) is 5.12. The topological polar surface area (TPSA) is 29.5 Å². The van der Waals surface area contributed by atoms with Gasteiger partial charge in [-0.25, -0.2) is 0 Å². The quantitative estimate of drug-likeness (QED) is 0.629. The molecule has 2 heterocycles. The fourth-order valence-corrected chi connectivity index (χ4v) is 4.06. The van der Waals surface area contributed by atoms with Crippen LogP contribution >= 0.6 is 7.14 Å². The summed E-state index contributed by atoms with van der Waals surface area (Å²) in [6.07, 6.45) is 2.75. The maximum Gasteiger partial charge on any atom is 0.0899 e. The first-order chi connectivity index (χ1) is 6.23. The van der Waals surface area contributed by atoms with E-state index in [-0.39, 0.29) is 0 Å². The van der Waals surface area contributed by atoms with Gasteiger partial charge in [0.25, 0.3) is 0 Å². The van der Waals surface area contributed by atoms with E-state index in [2.05, 4.69) is 11.8 Å². The Morgan fingerprint density at radius 1 is 1.38 bits per heavy atom. The summed E-state index contributed by atoms with van der Waals surface area (Å²) in [6, 6.07) is 0.630. The highest BCUT2D eigenvalue weighted by molar-refractivity contribution is 7.64. The predicted octanol–water partition coefficient (Wildman–Crippen LogP) is 1.08. The minimum atomic E-state index is -1.74. The molecule has 0 aliphatic carbocycles. The predicted molar refractivity (Wildman–Crippen MR) is 54.1 cm³/mol. The maximum absolute atomic E-state index is 12.0. The zero-order valence-electron chi connectivity index (χ0n) is 8.24. The van der Waals surface area contributed by atoms with Crippen LogP contribution in [0.5, 0.6) is 0 Å². The molecule has 0 unspecified atom stereocenters. The summed E-state index contributed by atoms with van der Waals surface area (Å²) in [7, 11) is -1.74. The Labute approximate surface area is 79.8 Å². The molecule has 0 atom stereocenters. The number of nitrogens with zero attached hydrogens (tertiary/aromatic N) is 1. The van der Waals surface area contributed by atoms with E-state index in [1.165, 1.54) is 0 Å². The Morgan fingerprint density at radius 2 is 2.00 bits per heavy atom. The largest absolute Gasteiger partial charge is 0.378 e. The molecule has 0 radical (unpaired) electrons. The third kappa shape index (κ3) is 1.98. The molecule has 4 heteroatoms. The van der Waals surface area contributed by atoms with Crippen molar-refractivity contribution in [3.63, 3.8) is 0 Å². The fourth-order valence-electron chi connectivity index (χ4n) is 1.96. The average Bonchev–Trinajstić information content (AvgIpc) is 2.06. The molecule has 0 amide bonds. The van der Waals surface area contributed by atoms with Gasteiger partial charge in [0.15, 0.2) is 0 Å². The van der Waals surface area contributed by atoms with Crippen LogP contribution in [0.1, 0.15) is 6.92 Å². The summed E-state index contributed by atoms with van der Waals surface area (Å²) >= 11 is 0. The van der Waals surface area contributed by atoms with Gasteiger partial charge in [0.05, 0.1) is 26.4 Å². The van der Waals surface area contributed by atoms with E-state index in [1.54, 1.807) is 0 Å². The van der Waals surface area contributed by atoms with E-state index >= 15 is 0 Å². The highest BCUT2D eigenvalue weighted by Gasteiger charge is 2.33. The molecule has 13 heavy (non-hydrogen) atoms. The van der Waals surface area contributed by atoms with Gasteiger partial charge in [-0.3, -0.25) is 4.90 Å². The second-order valence-corrected chi connectivity index (χ2v) is 7.69. The van der Waals surface area contributed by atoms with Gasteiger partial charge in [-0.1, -0.05) is 6.92 Å². The standard InChI is InChI=1S/C9H18NO2P/c1-2-13(11)5-3-10(4-6-13)9-7-12-8-9/h9H,2-8H2,1H3. The van der Waals surface area contributed by atoms with Gasteiger partial charge in [0, 0.05) is 25.4 Å². The molecule has 0 aromatic heterocycles. The van der Waals surface area contributed by atoms with Gasteiger partial charge in [-0.15, -0.1) is 0 Å². The summed E-state index contributed by atoms with van der Waals surface area (Å²) in [6.45, 7) is 5.88. The number of hydrogen-bond acceptors (Lipinski definition) is 3. The molecule has 0 aromatic rings. The summed E-state index contributed by atoms with van der Waals surface area (Å²) < 4.78 is 17.2. The van der Waals surface area contributed by atoms with Crippen molar-refractivity contribution >= 4 is 7.14 Å². The van der Waals surface area contributed by atoms with Crippen molar-refractivity contribution in [1.82, 2.24) is 4.90 Å². The van der Waals surface area contributed by atoms with Crippen LogP contribution in [-0.2, 0) is 9.30 Å². The van der Waals surface area contributed by atoms with Crippen molar-refractivity contribution in [1.29, 1.82) is 0 Å². The third-order valence-electron chi connectivity index (χ3n) is 3.30. The van der Waals surface area contributed by atoms with Crippen LogP contribution in [-0.4, -0.2) is 55.7 Å². The molecule has 0 N–H and O–H groups in total. The summed E-state index contributed by atoms with van der Waals surface area (Å²) in [5, 5.41) is 0. The second-order valence-electron chi connectivity index (χ2n) is 4.05. The SMILES string of the molecule is CCP1(=O)CCN(C2COC2)CC1. The van der Waals surface area contributed by atoms with Gasteiger partial charge in [-0.2, -0.15) is 0 Å². The molecule has 2 aliphatic rings. The van der Waals surface area contributed by atoms with Gasteiger partial charge in [0.1, 0.15) is 0 Å². The van der Waals surface area contributed by atoms with Crippen LogP contribution in [0.25, 0.3) is 0 Å². The monoisotopic (exact) mass is 203 g/mol. The van der Waals surface area contributed by atoms with Crippen LogP contribution in [0, 0.1) is 0 Å². The molecule has 0 bridgehead atoms. The van der Waals surface area contributed by atoms with Crippen molar-refractivity contribution in [2.24, 2.45) is 0 Å². The Morgan fingerprint density at radius 3 is 2.38 bits per heavy atom. The molecule has 2 fully saturated rings. The lowest BCUT2D eigenvalue weighted by atomic mass is 10.2. The van der Waals surface area contributed by atoms with Crippen LogP contribution in [0.15, 0.2) is 0 Å². The Kier molecular flexibility index (Phi) is 2.77. The Balaban J connectivity index is 1.85. The van der Waals surface area contributed by atoms with Gasteiger partial charge < -0.3 is 9.30 Å². The van der Waals surface area contributed by atoms with Crippen LogP contribution in [0.4, 0.5) is 0 Å². The molecular weight excluding hydrogens is 185 g/mol. The molecule has 3 nitrogen and oxygen atoms in total. The molecule has 0 aromatic carbocycles. The zero-order valence-corrected chi connectivity index (χ0v) is 9.13. The van der Waals surface area contributed by atoms with Gasteiger partial charge in [0.2, 0.25) is 0 Å². The zero-order chi connectivity index (χ0) is 9.31. The average molecular weight is 203 g/mol. The molecule has 76 valence electrons. The summed E-state index contributed by atoms with van der Waals surface area (Å²) in [5.41, 5.74) is 0. The highest BCUT2D eigenvalue weighted by Crippen LogP contribution is 2.47. The smallest absolute Gasteiger partial charge is 0.0899 e. The van der Waals surface area contributed by atoms with Crippen molar-refractivity contribution in [3.8, 4) is 0 Å². The van der Waals surface area contributed by atoms with Crippen molar-refractivity contribution in [3.05, 3.63) is 0 Å². The van der Waals surface area contributed by atoms with Crippen LogP contribution < -0.4 is 0 Å². The summed E-state index contributed by atoms with van der Waals surface area (Å²) in [4.78, 5) is 2.44. The van der Waals surface area contributed by atoms with E-state index < -0.39 is 7.14 Å². The normalized spacial score (nSPS) is 29.9. The number of hydrogen-bond donors (Lipinski definition) is 0. The minimum Gasteiger partial charge on any atom is -0.378 e. The second kappa shape index (κ2) is 3.72. The lowest BCUT2D eigenvalue weighted by Crippen LogP contribution is -2.52. The Hall–Kier alpha value is 0.150. The molecular formula is C9H18NO2P. The first-order valence-corrected chi connectivity index (χ1v) is 7.39. The van der Waals surface area contributed by atoms with Gasteiger partial charge in [-0.05, 0) is 6.16 Å². The number of ether oxygens (including phenoxy) is 1. The lowest BCUT2D eigenvalue weighted by molar-refractivity contribution is -0.0620. The van der Waals surface area contributed by atoms with Crippen molar-refractivity contribution < 1.29 is 9.30 Å². The molecule has 0 spiro atoms. The van der Waals surface area contributed by atoms with Crippen LogP contribution in [0.2, 0.25) is 0 Å². The summed E-state index contributed by atoms with van der Waals surface area (Å²) in [5.74, 6) is 0. The van der Waals surface area contributed by atoms with E-state index in [0.29, 0.717) is 6.04 Å². The molecule has 2 rings (SSSR count). The highest BCUT2D eigenvalue weighted by atomic mass is 31.2. The van der Waals surface area contributed by atoms with Crippen molar-refractivity contribution in [2.75, 3.05) is 44.8 Å². The number of rotatable bonds is 2. The molecule has 0 saturated carbocycles. The third-order valence-corrected chi connectivity index (χ3v) is 6.49. The van der Waals surface area contributed by atoms with Crippen molar-refractivity contribution in [2.45, 2.75) is 13.0 Å². The van der Waals surface area contributed by atoms with E-state index in [1.807, 2.05) is 0 Å². The van der Waals surface area contributed by atoms with Gasteiger partial charge >= 0.3 is 0 Å². The van der Waals surface area contributed by atoms with E-state index in [9.17, 15) is 4.57 Å². The lowest BCUT2D eigenvalue weighted by Gasteiger charge is -2.41. The fraction of sp³-hybridized carbons (Fsp3) is 1.00. The first kappa shape index (κ1) is 9.70.